The molecule has 0 aliphatic heterocycles. The summed E-state index contributed by atoms with van der Waals surface area (Å²) in [6.45, 7) is 2.45. The molecule has 6 nitrogen and oxygen atoms in total. The molecule has 2 rings (SSSR count). The standard InChI is InChI=1S/C13H15N3O3S/c1-9-7-11(16-19-9)13(18)15-5-4-14-12(17)8-10-3-2-6-20-10/h2-3,6-7H,4-5,8H2,1H3,(H,14,17)(H,15,18). The highest BCUT2D eigenvalue weighted by atomic mass is 32.1. The predicted octanol–water partition coefficient (Wildman–Crippen LogP) is 1.13. The molecule has 7 heteroatoms. The van der Waals surface area contributed by atoms with Crippen LogP contribution in [0.1, 0.15) is 21.1 Å². The summed E-state index contributed by atoms with van der Waals surface area (Å²) in [7, 11) is 0. The molecule has 106 valence electrons. The van der Waals surface area contributed by atoms with E-state index in [1.807, 2.05) is 17.5 Å². The van der Waals surface area contributed by atoms with Gasteiger partial charge in [-0.2, -0.15) is 0 Å². The van der Waals surface area contributed by atoms with Crippen LogP contribution in [0.5, 0.6) is 0 Å². The molecule has 0 saturated carbocycles. The van der Waals surface area contributed by atoms with E-state index in [9.17, 15) is 9.59 Å². The Morgan fingerprint density at radius 3 is 2.80 bits per heavy atom. The molecule has 20 heavy (non-hydrogen) atoms. The number of hydrogen-bond acceptors (Lipinski definition) is 5. The van der Waals surface area contributed by atoms with Crippen molar-refractivity contribution in [2.24, 2.45) is 0 Å². The third-order valence-electron chi connectivity index (χ3n) is 2.51. The SMILES string of the molecule is Cc1cc(C(=O)NCCNC(=O)Cc2cccs2)no1. The molecule has 2 N–H and O–H groups in total. The zero-order chi connectivity index (χ0) is 14.4. The molecule has 0 bridgehead atoms. The van der Waals surface area contributed by atoms with Crippen molar-refractivity contribution in [1.29, 1.82) is 0 Å². The minimum atomic E-state index is -0.311. The van der Waals surface area contributed by atoms with Crippen LogP contribution in [-0.2, 0) is 11.2 Å². The lowest BCUT2D eigenvalue weighted by molar-refractivity contribution is -0.120. The third-order valence-corrected chi connectivity index (χ3v) is 3.38. The number of nitrogens with zero attached hydrogens (tertiary/aromatic N) is 1. The van der Waals surface area contributed by atoms with Crippen molar-refractivity contribution in [2.45, 2.75) is 13.3 Å². The van der Waals surface area contributed by atoms with Gasteiger partial charge in [0.2, 0.25) is 5.91 Å². The number of hydrogen-bond donors (Lipinski definition) is 2. The number of aromatic nitrogens is 1. The summed E-state index contributed by atoms with van der Waals surface area (Å²) in [6.07, 6.45) is 0.369. The third kappa shape index (κ3) is 4.20. The van der Waals surface area contributed by atoms with E-state index < -0.39 is 0 Å². The van der Waals surface area contributed by atoms with Crippen molar-refractivity contribution in [3.63, 3.8) is 0 Å². The molecule has 0 radical (unpaired) electrons. The molecule has 0 aliphatic rings. The number of carbonyl (C=O) groups excluding carboxylic acids is 2. The first-order valence-electron chi connectivity index (χ1n) is 6.16. The summed E-state index contributed by atoms with van der Waals surface area (Å²) < 4.78 is 4.81. The molecule has 0 saturated heterocycles. The number of amides is 2. The monoisotopic (exact) mass is 293 g/mol. The predicted molar refractivity (Wildman–Crippen MR) is 74.6 cm³/mol. The Morgan fingerprint density at radius 1 is 1.35 bits per heavy atom. The van der Waals surface area contributed by atoms with Gasteiger partial charge in [-0.3, -0.25) is 9.59 Å². The Labute approximate surface area is 120 Å². The fraction of sp³-hybridized carbons (Fsp3) is 0.308. The van der Waals surface area contributed by atoms with Crippen molar-refractivity contribution in [1.82, 2.24) is 15.8 Å². The van der Waals surface area contributed by atoms with Gasteiger partial charge in [0.1, 0.15) is 5.76 Å². The van der Waals surface area contributed by atoms with Crippen molar-refractivity contribution < 1.29 is 14.1 Å². The minimum absolute atomic E-state index is 0.0565. The van der Waals surface area contributed by atoms with Gasteiger partial charge in [0.05, 0.1) is 6.42 Å². The van der Waals surface area contributed by atoms with E-state index >= 15 is 0 Å². The van der Waals surface area contributed by atoms with E-state index in [1.165, 1.54) is 0 Å². The lowest BCUT2D eigenvalue weighted by Crippen LogP contribution is -2.35. The maximum absolute atomic E-state index is 11.6. The largest absolute Gasteiger partial charge is 0.361 e. The Bertz CT molecular complexity index is 577. The van der Waals surface area contributed by atoms with E-state index in [1.54, 1.807) is 24.3 Å². The lowest BCUT2D eigenvalue weighted by Gasteiger charge is -2.05. The Morgan fingerprint density at radius 2 is 2.15 bits per heavy atom. The maximum atomic E-state index is 11.6. The zero-order valence-electron chi connectivity index (χ0n) is 11.0. The van der Waals surface area contributed by atoms with Crippen LogP contribution < -0.4 is 10.6 Å². The average molecular weight is 293 g/mol. The summed E-state index contributed by atoms with van der Waals surface area (Å²) in [6, 6.07) is 5.39. The van der Waals surface area contributed by atoms with Gasteiger partial charge in [-0.25, -0.2) is 0 Å². The van der Waals surface area contributed by atoms with Crippen LogP contribution in [0, 0.1) is 6.92 Å². The molecule has 2 aromatic heterocycles. The highest BCUT2D eigenvalue weighted by Gasteiger charge is 2.10. The zero-order valence-corrected chi connectivity index (χ0v) is 11.8. The van der Waals surface area contributed by atoms with Crippen molar-refractivity contribution in [3.8, 4) is 0 Å². The summed E-state index contributed by atoms with van der Waals surface area (Å²) >= 11 is 1.55. The second kappa shape index (κ2) is 6.85. The summed E-state index contributed by atoms with van der Waals surface area (Å²) in [5.74, 6) is 0.215. The fourth-order valence-corrected chi connectivity index (χ4v) is 2.28. The van der Waals surface area contributed by atoms with Gasteiger partial charge >= 0.3 is 0 Å². The molecule has 0 spiro atoms. The first-order chi connectivity index (χ1) is 9.65. The van der Waals surface area contributed by atoms with Gasteiger partial charge in [-0.1, -0.05) is 11.2 Å². The van der Waals surface area contributed by atoms with Crippen LogP contribution in [-0.4, -0.2) is 30.1 Å². The number of carbonyl (C=O) groups is 2. The molecular formula is C13H15N3O3S. The molecule has 2 aromatic rings. The molecule has 0 aliphatic carbocycles. The van der Waals surface area contributed by atoms with Gasteiger partial charge in [0, 0.05) is 24.0 Å². The lowest BCUT2D eigenvalue weighted by atomic mass is 10.3. The molecular weight excluding hydrogens is 278 g/mol. The van der Waals surface area contributed by atoms with Crippen LogP contribution in [0.3, 0.4) is 0 Å². The Kier molecular flexibility index (Phi) is 4.89. The van der Waals surface area contributed by atoms with Crippen molar-refractivity contribution in [2.75, 3.05) is 13.1 Å². The summed E-state index contributed by atoms with van der Waals surface area (Å²) in [4.78, 5) is 24.2. The van der Waals surface area contributed by atoms with Gasteiger partial charge in [-0.15, -0.1) is 11.3 Å². The number of thiophene rings is 1. The molecule has 0 fully saturated rings. The molecule has 0 unspecified atom stereocenters. The molecule has 0 atom stereocenters. The first kappa shape index (κ1) is 14.3. The number of nitrogens with one attached hydrogen (secondary N) is 2. The smallest absolute Gasteiger partial charge is 0.273 e. The minimum Gasteiger partial charge on any atom is -0.361 e. The maximum Gasteiger partial charge on any atom is 0.273 e. The van der Waals surface area contributed by atoms with Crippen LogP contribution in [0.15, 0.2) is 28.1 Å². The second-order valence-corrected chi connectivity index (χ2v) is 5.22. The highest BCUT2D eigenvalue weighted by molar-refractivity contribution is 7.10. The fourth-order valence-electron chi connectivity index (χ4n) is 1.58. The average Bonchev–Trinajstić information content (AvgIpc) is 3.06. The summed E-state index contributed by atoms with van der Waals surface area (Å²) in [5.41, 5.74) is 0.243. The van der Waals surface area contributed by atoms with Crippen LogP contribution in [0.2, 0.25) is 0 Å². The van der Waals surface area contributed by atoms with Gasteiger partial charge in [0.25, 0.3) is 5.91 Å². The van der Waals surface area contributed by atoms with E-state index in [0.717, 1.165) is 4.88 Å². The van der Waals surface area contributed by atoms with E-state index in [0.29, 0.717) is 25.3 Å². The van der Waals surface area contributed by atoms with E-state index in [4.69, 9.17) is 4.52 Å². The number of aryl methyl sites for hydroxylation is 1. The van der Waals surface area contributed by atoms with Crippen molar-refractivity contribution in [3.05, 3.63) is 39.9 Å². The van der Waals surface area contributed by atoms with Gasteiger partial charge < -0.3 is 15.2 Å². The topological polar surface area (TPSA) is 84.2 Å². The summed E-state index contributed by atoms with van der Waals surface area (Å²) in [5, 5.41) is 10.9. The van der Waals surface area contributed by atoms with Crippen LogP contribution in [0.25, 0.3) is 0 Å². The highest BCUT2D eigenvalue weighted by Crippen LogP contribution is 2.08. The van der Waals surface area contributed by atoms with Crippen LogP contribution in [0.4, 0.5) is 0 Å². The molecule has 2 heterocycles. The quantitative estimate of drug-likeness (QED) is 0.782. The van der Waals surface area contributed by atoms with Crippen LogP contribution >= 0.6 is 11.3 Å². The van der Waals surface area contributed by atoms with Gasteiger partial charge in [0.15, 0.2) is 5.69 Å². The second-order valence-electron chi connectivity index (χ2n) is 4.18. The van der Waals surface area contributed by atoms with Crippen molar-refractivity contribution >= 4 is 23.2 Å². The first-order valence-corrected chi connectivity index (χ1v) is 7.03. The normalized spacial score (nSPS) is 10.2. The number of rotatable bonds is 6. The Balaban J connectivity index is 1.64. The van der Waals surface area contributed by atoms with E-state index in [-0.39, 0.29) is 17.5 Å². The van der Waals surface area contributed by atoms with E-state index in [2.05, 4.69) is 15.8 Å². The molecule has 0 aromatic carbocycles. The van der Waals surface area contributed by atoms with Gasteiger partial charge in [-0.05, 0) is 18.4 Å². The Hall–Kier alpha value is -2.15. The molecule has 2 amide bonds.